The topological polar surface area (TPSA) is 55.9 Å². The van der Waals surface area contributed by atoms with Gasteiger partial charge in [0.2, 0.25) is 9.84 Å². The van der Waals surface area contributed by atoms with Gasteiger partial charge in [0, 0.05) is 0 Å². The highest BCUT2D eigenvalue weighted by molar-refractivity contribution is 7.91. The fraction of sp³-hybridized carbons (Fsp3) is 0.429. The van der Waals surface area contributed by atoms with E-state index in [0.29, 0.717) is 33.3 Å². The summed E-state index contributed by atoms with van der Waals surface area (Å²) in [6.45, 7) is 10.9. The molecule has 1 heterocycles. The van der Waals surface area contributed by atoms with Crippen LogP contribution >= 0.6 is 0 Å². The third kappa shape index (κ3) is 3.79. The standard InChI is InChI=1S/C21H26O4S/c1-14-10-16(24-12-17-13-25-17)11-15(2)20(14)26(22,23)19-9-7-6-8-18(19)21(3,4)5/h6-11,17H,12-13H2,1-5H3. The lowest BCUT2D eigenvalue weighted by atomic mass is 9.87. The molecule has 0 amide bonds. The third-order valence-electron chi connectivity index (χ3n) is 4.53. The molecule has 1 saturated heterocycles. The van der Waals surface area contributed by atoms with Crippen molar-refractivity contribution in [1.29, 1.82) is 0 Å². The first-order chi connectivity index (χ1) is 12.1. The Labute approximate surface area is 156 Å². The first kappa shape index (κ1) is 18.9. The van der Waals surface area contributed by atoms with Crippen molar-refractivity contribution in [2.45, 2.75) is 55.9 Å². The van der Waals surface area contributed by atoms with Crippen LogP contribution in [0.5, 0.6) is 5.75 Å². The van der Waals surface area contributed by atoms with Gasteiger partial charge in [0.05, 0.1) is 16.4 Å². The molecule has 2 aromatic rings. The molecule has 2 aromatic carbocycles. The number of sulfone groups is 1. The van der Waals surface area contributed by atoms with Crippen LogP contribution in [-0.4, -0.2) is 27.7 Å². The maximum absolute atomic E-state index is 13.5. The van der Waals surface area contributed by atoms with Gasteiger partial charge in [-0.15, -0.1) is 0 Å². The molecule has 0 saturated carbocycles. The molecule has 0 bridgehead atoms. The largest absolute Gasteiger partial charge is 0.491 e. The molecular weight excluding hydrogens is 348 g/mol. The van der Waals surface area contributed by atoms with E-state index < -0.39 is 9.84 Å². The van der Waals surface area contributed by atoms with Crippen LogP contribution in [0.2, 0.25) is 0 Å². The lowest BCUT2D eigenvalue weighted by molar-refractivity contribution is 0.262. The summed E-state index contributed by atoms with van der Waals surface area (Å²) in [5, 5.41) is 0. The van der Waals surface area contributed by atoms with Crippen LogP contribution in [0.25, 0.3) is 0 Å². The van der Waals surface area contributed by atoms with Crippen LogP contribution in [0.3, 0.4) is 0 Å². The van der Waals surface area contributed by atoms with E-state index in [-0.39, 0.29) is 11.5 Å². The first-order valence-electron chi connectivity index (χ1n) is 8.81. The van der Waals surface area contributed by atoms with E-state index in [4.69, 9.17) is 9.47 Å². The highest BCUT2D eigenvalue weighted by atomic mass is 32.2. The summed E-state index contributed by atoms with van der Waals surface area (Å²) in [4.78, 5) is 0.739. The van der Waals surface area contributed by atoms with Crippen molar-refractivity contribution in [2.75, 3.05) is 13.2 Å². The van der Waals surface area contributed by atoms with Crippen LogP contribution in [0.15, 0.2) is 46.2 Å². The molecule has 1 aliphatic heterocycles. The Kier molecular flexibility index (Phi) is 4.88. The second kappa shape index (κ2) is 6.71. The second-order valence-electron chi connectivity index (χ2n) is 7.90. The predicted molar refractivity (Wildman–Crippen MR) is 102 cm³/mol. The first-order valence-corrected chi connectivity index (χ1v) is 10.3. The van der Waals surface area contributed by atoms with Crippen molar-refractivity contribution in [2.24, 2.45) is 0 Å². The Balaban J connectivity index is 2.05. The molecule has 26 heavy (non-hydrogen) atoms. The molecule has 0 aliphatic carbocycles. The average Bonchev–Trinajstić information content (AvgIpc) is 3.35. The van der Waals surface area contributed by atoms with Crippen molar-refractivity contribution in [3.05, 3.63) is 53.1 Å². The number of epoxide rings is 1. The summed E-state index contributed by atoms with van der Waals surface area (Å²) in [6.07, 6.45) is 0.165. The van der Waals surface area contributed by atoms with Gasteiger partial charge < -0.3 is 9.47 Å². The van der Waals surface area contributed by atoms with Gasteiger partial charge in [0.1, 0.15) is 18.5 Å². The van der Waals surface area contributed by atoms with Crippen LogP contribution < -0.4 is 4.74 Å². The lowest BCUT2D eigenvalue weighted by Crippen LogP contribution is -2.18. The van der Waals surface area contributed by atoms with E-state index in [1.807, 2.05) is 46.8 Å². The molecule has 1 fully saturated rings. The van der Waals surface area contributed by atoms with Crippen molar-refractivity contribution in [1.82, 2.24) is 0 Å². The van der Waals surface area contributed by atoms with E-state index in [9.17, 15) is 8.42 Å². The van der Waals surface area contributed by atoms with Gasteiger partial charge in [-0.2, -0.15) is 0 Å². The number of hydrogen-bond donors (Lipinski definition) is 0. The Bertz CT molecular complexity index is 896. The highest BCUT2D eigenvalue weighted by Crippen LogP contribution is 2.36. The maximum Gasteiger partial charge on any atom is 0.207 e. The number of ether oxygens (including phenoxy) is 2. The predicted octanol–water partition coefficient (Wildman–Crippen LogP) is 4.21. The highest BCUT2D eigenvalue weighted by Gasteiger charge is 2.29. The quantitative estimate of drug-likeness (QED) is 0.736. The fourth-order valence-corrected chi connectivity index (χ4v) is 5.31. The molecule has 0 spiro atoms. The molecule has 0 aromatic heterocycles. The normalized spacial score (nSPS) is 17.2. The number of rotatable bonds is 5. The number of aryl methyl sites for hydroxylation is 2. The monoisotopic (exact) mass is 374 g/mol. The van der Waals surface area contributed by atoms with Crippen molar-refractivity contribution >= 4 is 9.84 Å². The summed E-state index contributed by atoms with van der Waals surface area (Å²) in [5.74, 6) is 0.679. The molecule has 0 radical (unpaired) electrons. The van der Waals surface area contributed by atoms with E-state index in [2.05, 4.69) is 0 Å². The van der Waals surface area contributed by atoms with Gasteiger partial charge >= 0.3 is 0 Å². The zero-order valence-corrected chi connectivity index (χ0v) is 16.8. The van der Waals surface area contributed by atoms with Gasteiger partial charge in [0.25, 0.3) is 0 Å². The molecule has 140 valence electrons. The van der Waals surface area contributed by atoms with Crippen molar-refractivity contribution in [3.63, 3.8) is 0 Å². The number of benzene rings is 2. The second-order valence-corrected chi connectivity index (χ2v) is 9.76. The zero-order chi connectivity index (χ0) is 19.1. The van der Waals surface area contributed by atoms with Gasteiger partial charge in [-0.3, -0.25) is 0 Å². The van der Waals surface area contributed by atoms with Gasteiger partial charge in [-0.05, 0) is 54.2 Å². The number of hydrogen-bond acceptors (Lipinski definition) is 4. The van der Waals surface area contributed by atoms with Crippen LogP contribution in [0, 0.1) is 13.8 Å². The molecule has 1 atom stereocenters. The van der Waals surface area contributed by atoms with Crippen LogP contribution in [0.1, 0.15) is 37.5 Å². The van der Waals surface area contributed by atoms with Crippen LogP contribution in [-0.2, 0) is 20.0 Å². The van der Waals surface area contributed by atoms with Crippen molar-refractivity contribution < 1.29 is 17.9 Å². The summed E-state index contributed by atoms with van der Waals surface area (Å²) < 4.78 is 37.8. The smallest absolute Gasteiger partial charge is 0.207 e. The zero-order valence-electron chi connectivity index (χ0n) is 16.0. The van der Waals surface area contributed by atoms with Gasteiger partial charge in [0.15, 0.2) is 0 Å². The van der Waals surface area contributed by atoms with E-state index >= 15 is 0 Å². The Morgan fingerprint density at radius 1 is 1.12 bits per heavy atom. The Morgan fingerprint density at radius 2 is 1.69 bits per heavy atom. The molecular formula is C21H26O4S. The van der Waals surface area contributed by atoms with Crippen molar-refractivity contribution in [3.8, 4) is 5.75 Å². The molecule has 4 nitrogen and oxygen atoms in total. The molecule has 3 rings (SSSR count). The summed E-state index contributed by atoms with van der Waals surface area (Å²) in [7, 11) is -3.63. The minimum absolute atomic E-state index is 0.165. The average molecular weight is 375 g/mol. The van der Waals surface area contributed by atoms with E-state index in [1.54, 1.807) is 24.3 Å². The van der Waals surface area contributed by atoms with Gasteiger partial charge in [-0.25, -0.2) is 8.42 Å². The van der Waals surface area contributed by atoms with Crippen LogP contribution in [0.4, 0.5) is 0 Å². The molecule has 1 aliphatic rings. The SMILES string of the molecule is Cc1cc(OCC2CO2)cc(C)c1S(=O)(=O)c1ccccc1C(C)(C)C. The Morgan fingerprint density at radius 3 is 2.23 bits per heavy atom. The summed E-state index contributed by atoms with van der Waals surface area (Å²) >= 11 is 0. The fourth-order valence-electron chi connectivity index (χ4n) is 3.20. The molecule has 0 N–H and O–H groups in total. The summed E-state index contributed by atoms with van der Waals surface area (Å²) in [5.41, 5.74) is 1.95. The maximum atomic E-state index is 13.5. The van der Waals surface area contributed by atoms with E-state index in [1.165, 1.54) is 0 Å². The third-order valence-corrected chi connectivity index (χ3v) is 6.64. The molecule has 5 heteroatoms. The van der Waals surface area contributed by atoms with Gasteiger partial charge in [-0.1, -0.05) is 39.0 Å². The minimum Gasteiger partial charge on any atom is -0.491 e. The lowest BCUT2D eigenvalue weighted by Gasteiger charge is -2.23. The Hall–Kier alpha value is -1.85. The summed E-state index contributed by atoms with van der Waals surface area (Å²) in [6, 6.07) is 10.8. The van der Waals surface area contributed by atoms with E-state index in [0.717, 1.165) is 12.2 Å². The minimum atomic E-state index is -3.63. The molecule has 1 unspecified atom stereocenters.